The van der Waals surface area contributed by atoms with E-state index in [1.165, 1.54) is 0 Å². The largest absolute Gasteiger partial charge is 0.378 e. The average molecular weight is 476 g/mol. The highest BCUT2D eigenvalue weighted by Crippen LogP contribution is 2.29. The molecule has 1 aliphatic rings. The number of nitrogens with one attached hydrogen (secondary N) is 1. The normalized spacial score (nSPS) is 13.7. The third-order valence-electron chi connectivity index (χ3n) is 6.50. The molecule has 0 spiro atoms. The lowest BCUT2D eigenvalue weighted by Gasteiger charge is -2.26. The molecule has 1 N–H and O–H groups in total. The minimum absolute atomic E-state index is 0.0198. The van der Waals surface area contributed by atoms with Crippen LogP contribution >= 0.6 is 0 Å². The molecule has 6 rings (SSSR count). The van der Waals surface area contributed by atoms with Gasteiger partial charge in [-0.15, -0.1) is 10.2 Å². The summed E-state index contributed by atoms with van der Waals surface area (Å²) in [4.78, 5) is 23.0. The molecule has 7 nitrogen and oxygen atoms in total. The maximum absolute atomic E-state index is 12.9. The zero-order valence-electron chi connectivity index (χ0n) is 19.7. The monoisotopic (exact) mass is 475 g/mol. The van der Waals surface area contributed by atoms with Crippen molar-refractivity contribution in [3.63, 3.8) is 0 Å². The molecule has 2 aromatic heterocycles. The van der Waals surface area contributed by atoms with Crippen LogP contribution < -0.4 is 0 Å². The van der Waals surface area contributed by atoms with Gasteiger partial charge in [0.25, 0.3) is 5.91 Å². The first kappa shape index (κ1) is 22.1. The van der Waals surface area contributed by atoms with Gasteiger partial charge in [-0.3, -0.25) is 4.79 Å². The van der Waals surface area contributed by atoms with E-state index >= 15 is 0 Å². The Kier molecular flexibility index (Phi) is 5.97. The Morgan fingerprint density at radius 2 is 1.56 bits per heavy atom. The van der Waals surface area contributed by atoms with Gasteiger partial charge in [0.05, 0.1) is 13.2 Å². The molecule has 3 heterocycles. The highest BCUT2D eigenvalue weighted by molar-refractivity contribution is 5.95. The number of amides is 1. The van der Waals surface area contributed by atoms with Crippen LogP contribution in [0.5, 0.6) is 0 Å². The van der Waals surface area contributed by atoms with E-state index in [1.807, 2.05) is 77.8 Å². The van der Waals surface area contributed by atoms with E-state index in [0.29, 0.717) is 49.8 Å². The summed E-state index contributed by atoms with van der Waals surface area (Å²) < 4.78 is 5.36. The summed E-state index contributed by atoms with van der Waals surface area (Å²) >= 11 is 0. The molecule has 0 unspecified atom stereocenters. The Morgan fingerprint density at radius 1 is 0.833 bits per heavy atom. The van der Waals surface area contributed by atoms with Crippen LogP contribution in [-0.4, -0.2) is 57.3 Å². The van der Waals surface area contributed by atoms with Gasteiger partial charge in [-0.25, -0.2) is 4.98 Å². The predicted molar refractivity (Wildman–Crippen MR) is 139 cm³/mol. The van der Waals surface area contributed by atoms with Crippen LogP contribution in [0.2, 0.25) is 0 Å². The lowest BCUT2D eigenvalue weighted by molar-refractivity contribution is 0.0303. The molecule has 7 heteroatoms. The molecule has 1 fully saturated rings. The number of fused-ring (bicyclic) bond motifs is 1. The predicted octanol–water partition coefficient (Wildman–Crippen LogP) is 4.75. The molecule has 5 aromatic rings. The fourth-order valence-corrected chi connectivity index (χ4v) is 4.59. The first-order valence-corrected chi connectivity index (χ1v) is 12.1. The summed E-state index contributed by atoms with van der Waals surface area (Å²) in [5.41, 5.74) is 6.17. The standard InChI is InChI=1S/C29H25N5O2/c35-29(34-14-16-36-17-15-34)22-12-10-21(11-13-22)28-27(20-6-2-1-3-7-20)31-26(32-33-28)18-23-19-30-25-9-5-4-8-24(23)25/h1-13,19,30H,14-18H2. The van der Waals surface area contributed by atoms with E-state index in [0.717, 1.165) is 33.3 Å². The highest BCUT2D eigenvalue weighted by Gasteiger charge is 2.20. The minimum atomic E-state index is 0.0198. The summed E-state index contributed by atoms with van der Waals surface area (Å²) in [5.74, 6) is 0.674. The van der Waals surface area contributed by atoms with Gasteiger partial charge < -0.3 is 14.6 Å². The van der Waals surface area contributed by atoms with Crippen molar-refractivity contribution in [2.45, 2.75) is 6.42 Å². The number of carbonyl (C=O) groups excluding carboxylic acids is 1. The van der Waals surface area contributed by atoms with Crippen molar-refractivity contribution in [3.8, 4) is 22.5 Å². The summed E-state index contributed by atoms with van der Waals surface area (Å²) in [6.45, 7) is 2.39. The van der Waals surface area contributed by atoms with Gasteiger partial charge in [0.15, 0.2) is 5.82 Å². The van der Waals surface area contributed by atoms with Crippen LogP contribution in [0.3, 0.4) is 0 Å². The molecule has 1 aliphatic heterocycles. The average Bonchev–Trinajstić information content (AvgIpc) is 3.36. The smallest absolute Gasteiger partial charge is 0.254 e. The Labute approximate surface area is 208 Å². The summed E-state index contributed by atoms with van der Waals surface area (Å²) in [7, 11) is 0. The molecule has 0 aliphatic carbocycles. The van der Waals surface area contributed by atoms with Crippen LogP contribution in [0.25, 0.3) is 33.4 Å². The van der Waals surface area contributed by atoms with Gasteiger partial charge in [0, 0.05) is 53.3 Å². The van der Waals surface area contributed by atoms with Crippen molar-refractivity contribution in [2.24, 2.45) is 0 Å². The first-order valence-electron chi connectivity index (χ1n) is 12.1. The Balaban J connectivity index is 1.34. The van der Waals surface area contributed by atoms with Gasteiger partial charge in [-0.05, 0) is 23.8 Å². The van der Waals surface area contributed by atoms with E-state index in [9.17, 15) is 4.79 Å². The van der Waals surface area contributed by atoms with E-state index in [2.05, 4.69) is 27.3 Å². The second kappa shape index (κ2) is 9.71. The van der Waals surface area contributed by atoms with Crippen LogP contribution in [0.1, 0.15) is 21.7 Å². The molecule has 0 radical (unpaired) electrons. The maximum atomic E-state index is 12.9. The van der Waals surface area contributed by atoms with Gasteiger partial charge in [-0.1, -0.05) is 60.7 Å². The number of morpholine rings is 1. The SMILES string of the molecule is O=C(c1ccc(-c2nnc(Cc3c[nH]c4ccccc34)nc2-c2ccccc2)cc1)N1CCOCC1. The number of nitrogens with zero attached hydrogens (tertiary/aromatic N) is 4. The molecule has 36 heavy (non-hydrogen) atoms. The molecule has 0 atom stereocenters. The van der Waals surface area contributed by atoms with Crippen molar-refractivity contribution in [1.29, 1.82) is 0 Å². The Hall–Kier alpha value is -4.36. The molecular formula is C29H25N5O2. The lowest BCUT2D eigenvalue weighted by Crippen LogP contribution is -2.40. The zero-order chi connectivity index (χ0) is 24.3. The van der Waals surface area contributed by atoms with Gasteiger partial charge in [-0.2, -0.15) is 0 Å². The number of benzene rings is 3. The van der Waals surface area contributed by atoms with Gasteiger partial charge in [0.1, 0.15) is 11.4 Å². The number of carbonyl (C=O) groups is 1. The molecule has 3 aromatic carbocycles. The highest BCUT2D eigenvalue weighted by atomic mass is 16.5. The van der Waals surface area contributed by atoms with Crippen molar-refractivity contribution in [1.82, 2.24) is 25.1 Å². The fourth-order valence-electron chi connectivity index (χ4n) is 4.59. The van der Waals surface area contributed by atoms with E-state index in [1.54, 1.807) is 0 Å². The first-order chi connectivity index (χ1) is 17.8. The van der Waals surface area contributed by atoms with E-state index in [4.69, 9.17) is 9.72 Å². The molecular weight excluding hydrogens is 450 g/mol. The fraction of sp³-hybridized carbons (Fsp3) is 0.172. The van der Waals surface area contributed by atoms with Crippen molar-refractivity contribution in [2.75, 3.05) is 26.3 Å². The Morgan fingerprint density at radius 3 is 2.36 bits per heavy atom. The van der Waals surface area contributed by atoms with Crippen LogP contribution in [0, 0.1) is 0 Å². The van der Waals surface area contributed by atoms with Crippen LogP contribution in [0.15, 0.2) is 85.1 Å². The maximum Gasteiger partial charge on any atom is 0.254 e. The minimum Gasteiger partial charge on any atom is -0.378 e. The number of aromatic nitrogens is 4. The quantitative estimate of drug-likeness (QED) is 0.397. The topological polar surface area (TPSA) is 84.0 Å². The lowest BCUT2D eigenvalue weighted by atomic mass is 10.0. The van der Waals surface area contributed by atoms with Crippen molar-refractivity contribution in [3.05, 3.63) is 102 Å². The van der Waals surface area contributed by atoms with Gasteiger partial charge >= 0.3 is 0 Å². The zero-order valence-corrected chi connectivity index (χ0v) is 19.7. The number of para-hydroxylation sites is 1. The molecule has 1 amide bonds. The number of ether oxygens (including phenoxy) is 1. The second-order valence-electron chi connectivity index (χ2n) is 8.81. The Bertz CT molecular complexity index is 1510. The number of aromatic amines is 1. The summed E-state index contributed by atoms with van der Waals surface area (Å²) in [6, 6.07) is 25.8. The van der Waals surface area contributed by atoms with Crippen molar-refractivity contribution >= 4 is 16.8 Å². The molecule has 178 valence electrons. The number of hydrogen-bond acceptors (Lipinski definition) is 5. The number of rotatable bonds is 5. The van der Waals surface area contributed by atoms with Gasteiger partial charge in [0.2, 0.25) is 0 Å². The third kappa shape index (κ3) is 4.36. The second-order valence-corrected chi connectivity index (χ2v) is 8.81. The van der Waals surface area contributed by atoms with Crippen molar-refractivity contribution < 1.29 is 9.53 Å². The summed E-state index contributed by atoms with van der Waals surface area (Å²) in [6.07, 6.45) is 2.58. The molecule has 1 saturated heterocycles. The van der Waals surface area contributed by atoms with Crippen LogP contribution in [-0.2, 0) is 11.2 Å². The third-order valence-corrected chi connectivity index (χ3v) is 6.50. The van der Waals surface area contributed by atoms with Crippen LogP contribution in [0.4, 0.5) is 0 Å². The molecule has 0 bridgehead atoms. The number of H-pyrrole nitrogens is 1. The molecule has 0 saturated carbocycles. The van der Waals surface area contributed by atoms with E-state index < -0.39 is 0 Å². The summed E-state index contributed by atoms with van der Waals surface area (Å²) in [5, 5.41) is 10.3. The number of hydrogen-bond donors (Lipinski definition) is 1. The van der Waals surface area contributed by atoms with E-state index in [-0.39, 0.29) is 5.91 Å².